The molecule has 28 heavy (non-hydrogen) atoms. The highest BCUT2D eigenvalue weighted by Crippen LogP contribution is 2.20. The molecular weight excluding hydrogens is 380 g/mol. The van der Waals surface area contributed by atoms with Crippen LogP contribution in [0.25, 0.3) is 11.3 Å². The van der Waals surface area contributed by atoms with Crippen molar-refractivity contribution in [1.82, 2.24) is 9.71 Å². The van der Waals surface area contributed by atoms with Gasteiger partial charge in [-0.3, -0.25) is 4.79 Å². The predicted molar refractivity (Wildman–Crippen MR) is 106 cm³/mol. The summed E-state index contributed by atoms with van der Waals surface area (Å²) < 4.78 is 25.4. The summed E-state index contributed by atoms with van der Waals surface area (Å²) in [6.45, 7) is 3.11. The van der Waals surface area contributed by atoms with E-state index in [1.807, 2.05) is 43.3 Å². The van der Waals surface area contributed by atoms with Gasteiger partial charge in [-0.15, -0.1) is 0 Å². The van der Waals surface area contributed by atoms with Crippen LogP contribution in [-0.2, 0) is 14.8 Å². The molecule has 0 unspecified atom stereocenters. The second kappa shape index (κ2) is 9.20. The Kier molecular flexibility index (Phi) is 6.97. The van der Waals surface area contributed by atoms with Crippen LogP contribution >= 0.6 is 0 Å². The standard InChI is InChI=1S/C10H13NO4S.C10H9NO/c1-7-3-5-9(6-4-7)16(14,15)11-8(2)10(12)13;12-10-7-6-9(11-10)8-4-2-1-3-5-8/h3-6,8,11H,1-2H3,(H,12,13);1-7,11-12H/t8-;/m0./s1. The van der Waals surface area contributed by atoms with Crippen molar-refractivity contribution in [3.8, 4) is 17.1 Å². The van der Waals surface area contributed by atoms with Crippen molar-refractivity contribution in [2.24, 2.45) is 0 Å². The summed E-state index contributed by atoms with van der Waals surface area (Å²) in [4.78, 5) is 13.4. The number of aromatic hydroxyl groups is 1. The van der Waals surface area contributed by atoms with Crippen molar-refractivity contribution in [1.29, 1.82) is 0 Å². The van der Waals surface area contributed by atoms with Crippen LogP contribution in [0.2, 0.25) is 0 Å². The number of aromatic amines is 1. The maximum Gasteiger partial charge on any atom is 0.321 e. The fourth-order valence-electron chi connectivity index (χ4n) is 2.24. The summed E-state index contributed by atoms with van der Waals surface area (Å²) in [7, 11) is -3.75. The Morgan fingerprint density at radius 1 is 1.00 bits per heavy atom. The van der Waals surface area contributed by atoms with Gasteiger partial charge in [0.1, 0.15) is 6.04 Å². The summed E-state index contributed by atoms with van der Waals surface area (Å²) in [5, 5.41) is 17.7. The third kappa shape index (κ3) is 5.97. The molecule has 1 heterocycles. The monoisotopic (exact) mass is 402 g/mol. The van der Waals surface area contributed by atoms with Crippen molar-refractivity contribution in [3.63, 3.8) is 0 Å². The second-order valence-corrected chi connectivity index (χ2v) is 7.83. The second-order valence-electron chi connectivity index (χ2n) is 6.12. The number of hydrogen-bond donors (Lipinski definition) is 4. The molecule has 7 nitrogen and oxygen atoms in total. The molecule has 0 amide bonds. The Morgan fingerprint density at radius 2 is 1.61 bits per heavy atom. The molecule has 0 aliphatic carbocycles. The van der Waals surface area contributed by atoms with Gasteiger partial charge in [0.25, 0.3) is 0 Å². The first kappa shape index (κ1) is 21.2. The first-order valence-electron chi connectivity index (χ1n) is 8.44. The van der Waals surface area contributed by atoms with Gasteiger partial charge in [0.15, 0.2) is 5.88 Å². The molecular formula is C20H22N2O5S. The van der Waals surface area contributed by atoms with Crippen LogP contribution in [0, 0.1) is 6.92 Å². The molecule has 4 N–H and O–H groups in total. The van der Waals surface area contributed by atoms with Crippen LogP contribution in [0.15, 0.2) is 71.6 Å². The molecule has 2 aromatic carbocycles. The molecule has 3 rings (SSSR count). The van der Waals surface area contributed by atoms with E-state index in [-0.39, 0.29) is 10.8 Å². The maximum atomic E-state index is 11.7. The van der Waals surface area contributed by atoms with Gasteiger partial charge in [0, 0.05) is 11.8 Å². The summed E-state index contributed by atoms with van der Waals surface area (Å²) >= 11 is 0. The van der Waals surface area contributed by atoms with Gasteiger partial charge in [0.2, 0.25) is 10.0 Å². The Labute approximate surface area is 163 Å². The Hall–Kier alpha value is -3.10. The van der Waals surface area contributed by atoms with Crippen molar-refractivity contribution in [3.05, 3.63) is 72.3 Å². The smallest absolute Gasteiger partial charge is 0.321 e. The first-order valence-corrected chi connectivity index (χ1v) is 9.92. The van der Waals surface area contributed by atoms with Crippen molar-refractivity contribution in [2.45, 2.75) is 24.8 Å². The van der Waals surface area contributed by atoms with E-state index in [2.05, 4.69) is 9.71 Å². The topological polar surface area (TPSA) is 119 Å². The van der Waals surface area contributed by atoms with Crippen molar-refractivity contribution >= 4 is 16.0 Å². The van der Waals surface area contributed by atoms with Gasteiger partial charge in [-0.05, 0) is 37.6 Å². The largest absolute Gasteiger partial charge is 0.495 e. The summed E-state index contributed by atoms with van der Waals surface area (Å²) in [6.07, 6.45) is 0. The van der Waals surface area contributed by atoms with E-state index in [0.717, 1.165) is 16.8 Å². The normalized spacial score (nSPS) is 11.9. The number of carboxylic acid groups (broad SMARTS) is 1. The summed E-state index contributed by atoms with van der Waals surface area (Å²) in [6, 6.07) is 18.4. The highest BCUT2D eigenvalue weighted by molar-refractivity contribution is 7.89. The van der Waals surface area contributed by atoms with Gasteiger partial charge in [-0.2, -0.15) is 4.72 Å². The third-order valence-corrected chi connectivity index (χ3v) is 5.35. The predicted octanol–water partition coefficient (Wildman–Crippen LogP) is 3.13. The number of aliphatic carboxylic acids is 1. The molecule has 148 valence electrons. The van der Waals surface area contributed by atoms with Crippen LogP contribution in [-0.4, -0.2) is 35.6 Å². The Morgan fingerprint density at radius 3 is 2.11 bits per heavy atom. The lowest BCUT2D eigenvalue weighted by Gasteiger charge is -2.10. The van der Waals surface area contributed by atoms with Crippen LogP contribution in [0.1, 0.15) is 12.5 Å². The van der Waals surface area contributed by atoms with Crippen LogP contribution in [0.4, 0.5) is 0 Å². The molecule has 3 aromatic rings. The molecule has 0 bridgehead atoms. The molecule has 1 aromatic heterocycles. The minimum atomic E-state index is -3.75. The van der Waals surface area contributed by atoms with Crippen LogP contribution < -0.4 is 4.72 Å². The van der Waals surface area contributed by atoms with E-state index in [9.17, 15) is 13.2 Å². The zero-order chi connectivity index (χ0) is 20.7. The number of rotatable bonds is 5. The number of sulfonamides is 1. The molecule has 0 fully saturated rings. The van der Waals surface area contributed by atoms with E-state index >= 15 is 0 Å². The van der Waals surface area contributed by atoms with Crippen molar-refractivity contribution in [2.75, 3.05) is 0 Å². The number of carboxylic acids is 1. The lowest BCUT2D eigenvalue weighted by molar-refractivity contribution is -0.138. The van der Waals surface area contributed by atoms with E-state index in [0.29, 0.717) is 0 Å². The zero-order valence-corrected chi connectivity index (χ0v) is 16.3. The lowest BCUT2D eigenvalue weighted by Crippen LogP contribution is -2.38. The average molecular weight is 402 g/mol. The molecule has 0 saturated heterocycles. The summed E-state index contributed by atoms with van der Waals surface area (Å²) in [5.74, 6) is -1.01. The minimum Gasteiger partial charge on any atom is -0.495 e. The Balaban J connectivity index is 0.000000207. The summed E-state index contributed by atoms with van der Waals surface area (Å²) in [5.41, 5.74) is 2.95. The third-order valence-electron chi connectivity index (χ3n) is 3.79. The fourth-order valence-corrected chi connectivity index (χ4v) is 3.44. The zero-order valence-electron chi connectivity index (χ0n) is 15.5. The molecule has 1 atom stereocenters. The van der Waals surface area contributed by atoms with E-state index in [1.165, 1.54) is 19.1 Å². The lowest BCUT2D eigenvalue weighted by atomic mass is 10.2. The number of H-pyrrole nitrogens is 1. The number of aryl methyl sites for hydroxylation is 1. The minimum absolute atomic E-state index is 0.0613. The Bertz CT molecular complexity index is 1010. The first-order chi connectivity index (χ1) is 13.2. The molecule has 0 radical (unpaired) electrons. The molecule has 0 saturated carbocycles. The van der Waals surface area contributed by atoms with Gasteiger partial charge in [-0.1, -0.05) is 48.0 Å². The van der Waals surface area contributed by atoms with E-state index in [1.54, 1.807) is 18.2 Å². The number of nitrogens with one attached hydrogen (secondary N) is 2. The van der Waals surface area contributed by atoms with Crippen LogP contribution in [0.5, 0.6) is 5.88 Å². The van der Waals surface area contributed by atoms with Crippen molar-refractivity contribution < 1.29 is 23.4 Å². The van der Waals surface area contributed by atoms with Gasteiger partial charge in [-0.25, -0.2) is 8.42 Å². The number of carbonyl (C=O) groups is 1. The SMILES string of the molecule is Cc1ccc(S(=O)(=O)N[C@@H](C)C(=O)O)cc1.Oc1ccc(-c2ccccc2)[nH]1. The number of hydrogen-bond acceptors (Lipinski definition) is 4. The molecule has 0 spiro atoms. The molecule has 8 heteroatoms. The molecule has 0 aliphatic heterocycles. The maximum absolute atomic E-state index is 11.7. The van der Waals surface area contributed by atoms with E-state index in [4.69, 9.17) is 10.2 Å². The number of aromatic nitrogens is 1. The van der Waals surface area contributed by atoms with Crippen LogP contribution in [0.3, 0.4) is 0 Å². The number of benzene rings is 2. The average Bonchev–Trinajstić information content (AvgIpc) is 3.09. The van der Waals surface area contributed by atoms with E-state index < -0.39 is 22.0 Å². The highest BCUT2D eigenvalue weighted by atomic mass is 32.2. The quantitative estimate of drug-likeness (QED) is 0.523. The fraction of sp³-hybridized carbons (Fsp3) is 0.150. The molecule has 0 aliphatic rings. The van der Waals surface area contributed by atoms with Gasteiger partial charge < -0.3 is 15.2 Å². The van der Waals surface area contributed by atoms with Gasteiger partial charge >= 0.3 is 5.97 Å². The van der Waals surface area contributed by atoms with Gasteiger partial charge in [0.05, 0.1) is 4.90 Å². The highest BCUT2D eigenvalue weighted by Gasteiger charge is 2.20.